The molecule has 86 valence electrons. The van der Waals surface area contributed by atoms with Gasteiger partial charge >= 0.3 is 0 Å². The minimum atomic E-state index is 0.626. The van der Waals surface area contributed by atoms with Gasteiger partial charge in [-0.1, -0.05) is 0 Å². The number of imidazole rings is 2. The first-order chi connectivity index (χ1) is 8.93. The molecular weight excluding hydrogens is 232 g/mol. The van der Waals surface area contributed by atoms with E-state index in [2.05, 4.69) is 29.9 Å². The Labute approximate surface area is 100.0 Å². The maximum Gasteiger partial charge on any atom is 0.182 e. The van der Waals surface area contributed by atoms with E-state index in [1.165, 1.54) is 12.7 Å². The Morgan fingerprint density at radius 3 is 2.61 bits per heavy atom. The van der Waals surface area contributed by atoms with Crippen LogP contribution in [0.4, 0.5) is 0 Å². The lowest BCUT2D eigenvalue weighted by Gasteiger charge is -2.04. The van der Waals surface area contributed by atoms with Crippen molar-refractivity contribution in [3.05, 3.63) is 37.7 Å². The molecule has 0 aliphatic rings. The monoisotopic (exact) mass is 238 g/mol. The van der Waals surface area contributed by atoms with Gasteiger partial charge in [0.2, 0.25) is 0 Å². The van der Waals surface area contributed by atoms with Gasteiger partial charge in [0, 0.05) is 0 Å². The molecule has 0 atom stereocenters. The molecule has 0 aliphatic heterocycles. The van der Waals surface area contributed by atoms with Gasteiger partial charge in [0.15, 0.2) is 11.3 Å². The molecular formula is C10H6N8. The number of fused-ring (bicyclic) bond motifs is 2. The zero-order valence-electron chi connectivity index (χ0n) is 9.04. The first kappa shape index (κ1) is 9.16. The fraction of sp³-hybridized carbons (Fsp3) is 0. The molecule has 0 saturated heterocycles. The normalized spacial score (nSPS) is 11.3. The summed E-state index contributed by atoms with van der Waals surface area (Å²) in [5.41, 5.74) is 2.83. The molecule has 4 rings (SSSR count). The van der Waals surface area contributed by atoms with E-state index in [0.29, 0.717) is 11.3 Å². The standard InChI is InChI=1S/C10H6N8/c1-7-10(14-4-11-1)18(5-15-7)17-6-16-9-8(17)2-12-3-13-9/h1-6H. The van der Waals surface area contributed by atoms with Crippen LogP contribution in [0.3, 0.4) is 0 Å². The second kappa shape index (κ2) is 3.29. The van der Waals surface area contributed by atoms with Gasteiger partial charge in [-0.25, -0.2) is 39.3 Å². The highest BCUT2D eigenvalue weighted by molar-refractivity contribution is 5.72. The molecule has 0 spiro atoms. The molecule has 0 N–H and O–H groups in total. The highest BCUT2D eigenvalue weighted by Gasteiger charge is 2.09. The Balaban J connectivity index is 2.08. The molecule has 4 aromatic rings. The predicted molar refractivity (Wildman–Crippen MR) is 61.4 cm³/mol. The number of nitrogens with zero attached hydrogens (tertiary/aromatic N) is 8. The molecule has 0 aromatic carbocycles. The van der Waals surface area contributed by atoms with Crippen LogP contribution in [0.2, 0.25) is 0 Å². The van der Waals surface area contributed by atoms with Gasteiger partial charge < -0.3 is 0 Å². The third kappa shape index (κ3) is 1.14. The van der Waals surface area contributed by atoms with E-state index in [4.69, 9.17) is 0 Å². The maximum absolute atomic E-state index is 4.23. The maximum atomic E-state index is 4.23. The fourth-order valence-corrected chi connectivity index (χ4v) is 1.83. The van der Waals surface area contributed by atoms with Crippen LogP contribution in [0.5, 0.6) is 0 Å². The molecule has 0 saturated carbocycles. The summed E-state index contributed by atoms with van der Waals surface area (Å²) < 4.78 is 3.56. The zero-order valence-corrected chi connectivity index (χ0v) is 9.04. The second-order valence-electron chi connectivity index (χ2n) is 3.64. The smallest absolute Gasteiger partial charge is 0.182 e. The predicted octanol–water partition coefficient (Wildman–Crippen LogP) is 0.277. The molecule has 4 heterocycles. The van der Waals surface area contributed by atoms with Crippen LogP contribution in [0.15, 0.2) is 37.7 Å². The number of rotatable bonds is 1. The van der Waals surface area contributed by atoms with Crippen molar-refractivity contribution in [2.45, 2.75) is 0 Å². The van der Waals surface area contributed by atoms with Crippen LogP contribution in [0.1, 0.15) is 0 Å². The van der Waals surface area contributed by atoms with Crippen LogP contribution in [-0.2, 0) is 0 Å². The Kier molecular flexibility index (Phi) is 1.68. The summed E-state index contributed by atoms with van der Waals surface area (Å²) >= 11 is 0. The zero-order chi connectivity index (χ0) is 11.9. The molecule has 8 nitrogen and oxygen atoms in total. The average molecular weight is 238 g/mol. The van der Waals surface area contributed by atoms with Crippen LogP contribution >= 0.6 is 0 Å². The van der Waals surface area contributed by atoms with Gasteiger partial charge in [-0.3, -0.25) is 0 Å². The summed E-state index contributed by atoms with van der Waals surface area (Å²) in [6, 6.07) is 0. The highest BCUT2D eigenvalue weighted by Crippen LogP contribution is 2.12. The fourth-order valence-electron chi connectivity index (χ4n) is 1.83. The third-order valence-electron chi connectivity index (χ3n) is 2.64. The second-order valence-corrected chi connectivity index (χ2v) is 3.64. The van der Waals surface area contributed by atoms with Crippen LogP contribution in [-0.4, -0.2) is 39.3 Å². The van der Waals surface area contributed by atoms with Crippen molar-refractivity contribution >= 4 is 22.3 Å². The largest absolute Gasteiger partial charge is 0.242 e. The van der Waals surface area contributed by atoms with Gasteiger partial charge in [0.25, 0.3) is 0 Å². The number of hydrogen-bond acceptors (Lipinski definition) is 6. The summed E-state index contributed by atoms with van der Waals surface area (Å²) in [6.45, 7) is 0. The number of hydrogen-bond donors (Lipinski definition) is 0. The third-order valence-corrected chi connectivity index (χ3v) is 2.64. The molecule has 4 aromatic heterocycles. The van der Waals surface area contributed by atoms with Gasteiger partial charge in [-0.15, -0.1) is 0 Å². The van der Waals surface area contributed by atoms with Crippen LogP contribution < -0.4 is 0 Å². The summed E-state index contributed by atoms with van der Waals surface area (Å²) in [6.07, 6.45) is 9.62. The lowest BCUT2D eigenvalue weighted by molar-refractivity contribution is 0.693. The summed E-state index contributed by atoms with van der Waals surface area (Å²) in [7, 11) is 0. The van der Waals surface area contributed by atoms with Crippen molar-refractivity contribution < 1.29 is 0 Å². The van der Waals surface area contributed by atoms with E-state index in [1.54, 1.807) is 34.4 Å². The van der Waals surface area contributed by atoms with Crippen molar-refractivity contribution in [3.8, 4) is 0 Å². The van der Waals surface area contributed by atoms with Gasteiger partial charge in [-0.2, -0.15) is 0 Å². The Bertz CT molecular complexity index is 773. The van der Waals surface area contributed by atoms with Crippen molar-refractivity contribution in [1.82, 2.24) is 39.3 Å². The highest BCUT2D eigenvalue weighted by atomic mass is 15.5. The Hall–Kier alpha value is -2.90. The molecule has 0 aliphatic carbocycles. The molecule has 0 fully saturated rings. The molecule has 0 amide bonds. The van der Waals surface area contributed by atoms with E-state index in [1.807, 2.05) is 0 Å². The van der Waals surface area contributed by atoms with Gasteiger partial charge in [0.05, 0.1) is 12.4 Å². The molecule has 18 heavy (non-hydrogen) atoms. The SMILES string of the molecule is c1ncc2c(n1)ncn2-n1cnc2cncnc21. The Morgan fingerprint density at radius 2 is 1.61 bits per heavy atom. The first-order valence-electron chi connectivity index (χ1n) is 5.20. The summed E-state index contributed by atoms with van der Waals surface area (Å²) in [5.74, 6) is 0. The minimum absolute atomic E-state index is 0.626. The van der Waals surface area contributed by atoms with Crippen LogP contribution in [0, 0.1) is 0 Å². The van der Waals surface area contributed by atoms with E-state index in [0.717, 1.165) is 11.0 Å². The Morgan fingerprint density at radius 1 is 0.778 bits per heavy atom. The number of aromatic nitrogens is 8. The molecule has 0 unspecified atom stereocenters. The van der Waals surface area contributed by atoms with E-state index < -0.39 is 0 Å². The van der Waals surface area contributed by atoms with Gasteiger partial charge in [0.1, 0.15) is 36.3 Å². The first-order valence-corrected chi connectivity index (χ1v) is 5.20. The average Bonchev–Trinajstić information content (AvgIpc) is 3.01. The van der Waals surface area contributed by atoms with Crippen molar-refractivity contribution in [2.75, 3.05) is 0 Å². The van der Waals surface area contributed by atoms with E-state index in [9.17, 15) is 0 Å². The lowest BCUT2D eigenvalue weighted by atomic mass is 10.5. The molecule has 8 heteroatoms. The van der Waals surface area contributed by atoms with Crippen molar-refractivity contribution in [2.24, 2.45) is 0 Å². The quantitative estimate of drug-likeness (QED) is 0.473. The van der Waals surface area contributed by atoms with E-state index >= 15 is 0 Å². The molecule has 0 bridgehead atoms. The van der Waals surface area contributed by atoms with E-state index in [-0.39, 0.29) is 0 Å². The van der Waals surface area contributed by atoms with Crippen LogP contribution in [0.25, 0.3) is 22.3 Å². The topological polar surface area (TPSA) is 87.2 Å². The summed E-state index contributed by atoms with van der Waals surface area (Å²) in [5, 5.41) is 0. The minimum Gasteiger partial charge on any atom is -0.242 e. The molecule has 0 radical (unpaired) electrons. The lowest BCUT2D eigenvalue weighted by Crippen LogP contribution is -2.07. The van der Waals surface area contributed by atoms with Crippen molar-refractivity contribution in [1.29, 1.82) is 0 Å². The van der Waals surface area contributed by atoms with Gasteiger partial charge in [-0.05, 0) is 0 Å². The summed E-state index contributed by atoms with van der Waals surface area (Å²) in [4.78, 5) is 24.6. The van der Waals surface area contributed by atoms with Crippen molar-refractivity contribution in [3.63, 3.8) is 0 Å².